The molecular weight excluding hydrogens is 266 g/mol. The zero-order chi connectivity index (χ0) is 13.8. The van der Waals surface area contributed by atoms with E-state index in [-0.39, 0.29) is 0 Å². The molecule has 0 amide bonds. The van der Waals surface area contributed by atoms with Crippen LogP contribution in [0.4, 0.5) is 0 Å². The normalized spacial score (nSPS) is 19.1. The van der Waals surface area contributed by atoms with Crippen LogP contribution in [-0.2, 0) is 6.54 Å². The van der Waals surface area contributed by atoms with Gasteiger partial charge in [-0.25, -0.2) is 0 Å². The monoisotopic (exact) mass is 287 g/mol. The highest BCUT2D eigenvalue weighted by Crippen LogP contribution is 2.23. The summed E-state index contributed by atoms with van der Waals surface area (Å²) in [5.41, 5.74) is 2.63. The van der Waals surface area contributed by atoms with E-state index >= 15 is 0 Å². The molecule has 4 heteroatoms. The lowest BCUT2D eigenvalue weighted by Crippen LogP contribution is -2.46. The van der Waals surface area contributed by atoms with Crippen molar-refractivity contribution in [2.75, 3.05) is 26.2 Å². The molecule has 1 atom stereocenters. The summed E-state index contributed by atoms with van der Waals surface area (Å²) in [4.78, 5) is 9.49. The number of hydrogen-bond donors (Lipinski definition) is 0. The van der Waals surface area contributed by atoms with Gasteiger partial charge in [0.25, 0.3) is 0 Å². The lowest BCUT2D eigenvalue weighted by molar-refractivity contribution is 0.0972. The van der Waals surface area contributed by atoms with Crippen LogP contribution in [0.1, 0.15) is 24.2 Å². The fraction of sp³-hybridized carbons (Fsp3) is 0.438. The summed E-state index contributed by atoms with van der Waals surface area (Å²) < 4.78 is 0. The molecule has 0 bridgehead atoms. The van der Waals surface area contributed by atoms with Gasteiger partial charge in [-0.05, 0) is 41.4 Å². The maximum absolute atomic E-state index is 4.41. The van der Waals surface area contributed by atoms with Crippen molar-refractivity contribution < 1.29 is 0 Å². The van der Waals surface area contributed by atoms with E-state index in [1.165, 1.54) is 11.3 Å². The first-order valence-electron chi connectivity index (χ1n) is 7.21. The maximum atomic E-state index is 4.41. The summed E-state index contributed by atoms with van der Waals surface area (Å²) in [7, 11) is 0. The van der Waals surface area contributed by atoms with Gasteiger partial charge in [-0.2, -0.15) is 11.3 Å². The van der Waals surface area contributed by atoms with Crippen molar-refractivity contribution in [2.45, 2.75) is 19.5 Å². The molecule has 3 nitrogen and oxygen atoms in total. The highest BCUT2D eigenvalue weighted by molar-refractivity contribution is 7.07. The molecule has 1 aliphatic heterocycles. The average Bonchev–Trinajstić information content (AvgIpc) is 3.03. The Balaban J connectivity index is 1.52. The molecule has 1 aliphatic rings. The molecule has 20 heavy (non-hydrogen) atoms. The SMILES string of the molecule is C[C@@H](c1ccsc1)N1CCN(Cc2ccccn2)CC1. The van der Waals surface area contributed by atoms with Crippen molar-refractivity contribution >= 4 is 11.3 Å². The summed E-state index contributed by atoms with van der Waals surface area (Å²) in [6, 6.07) is 8.94. The van der Waals surface area contributed by atoms with Crippen LogP contribution < -0.4 is 0 Å². The molecule has 0 saturated carbocycles. The van der Waals surface area contributed by atoms with Gasteiger partial charge in [0.15, 0.2) is 0 Å². The third-order valence-electron chi connectivity index (χ3n) is 4.09. The van der Waals surface area contributed by atoms with Crippen LogP contribution in [0.25, 0.3) is 0 Å². The molecule has 106 valence electrons. The van der Waals surface area contributed by atoms with Crippen molar-refractivity contribution in [3.05, 3.63) is 52.5 Å². The first-order chi connectivity index (χ1) is 9.83. The van der Waals surface area contributed by atoms with Gasteiger partial charge < -0.3 is 0 Å². The van der Waals surface area contributed by atoms with Crippen molar-refractivity contribution in [1.29, 1.82) is 0 Å². The van der Waals surface area contributed by atoms with Crippen molar-refractivity contribution in [2.24, 2.45) is 0 Å². The molecule has 0 aromatic carbocycles. The lowest BCUT2D eigenvalue weighted by Gasteiger charge is -2.37. The molecule has 3 heterocycles. The van der Waals surface area contributed by atoms with Gasteiger partial charge in [-0.3, -0.25) is 14.8 Å². The number of nitrogens with zero attached hydrogens (tertiary/aromatic N) is 3. The van der Waals surface area contributed by atoms with E-state index in [0.717, 1.165) is 32.7 Å². The summed E-state index contributed by atoms with van der Waals surface area (Å²) in [6.07, 6.45) is 1.88. The standard InChI is InChI=1S/C16H21N3S/c1-14(15-5-11-20-13-15)19-9-7-18(8-10-19)12-16-4-2-3-6-17-16/h2-6,11,13-14H,7-10,12H2,1H3/t14-/m0/s1. The van der Waals surface area contributed by atoms with E-state index in [1.54, 1.807) is 11.3 Å². The largest absolute Gasteiger partial charge is 0.295 e. The van der Waals surface area contributed by atoms with Crippen LogP contribution in [0, 0.1) is 0 Å². The highest BCUT2D eigenvalue weighted by Gasteiger charge is 2.22. The molecule has 2 aromatic heterocycles. The van der Waals surface area contributed by atoms with Crippen molar-refractivity contribution in [3.63, 3.8) is 0 Å². The smallest absolute Gasteiger partial charge is 0.0543 e. The van der Waals surface area contributed by atoms with Crippen molar-refractivity contribution in [1.82, 2.24) is 14.8 Å². The van der Waals surface area contributed by atoms with E-state index in [0.29, 0.717) is 6.04 Å². The minimum Gasteiger partial charge on any atom is -0.295 e. The number of rotatable bonds is 4. The molecule has 0 N–H and O–H groups in total. The van der Waals surface area contributed by atoms with E-state index in [9.17, 15) is 0 Å². The average molecular weight is 287 g/mol. The van der Waals surface area contributed by atoms with Gasteiger partial charge in [0.1, 0.15) is 0 Å². The Labute approximate surface area is 124 Å². The molecule has 1 fully saturated rings. The van der Waals surface area contributed by atoms with E-state index in [2.05, 4.69) is 50.7 Å². The first-order valence-corrected chi connectivity index (χ1v) is 8.15. The number of hydrogen-bond acceptors (Lipinski definition) is 4. The van der Waals surface area contributed by atoms with Crippen LogP contribution in [0.3, 0.4) is 0 Å². The van der Waals surface area contributed by atoms with Crippen LogP contribution in [0.15, 0.2) is 41.2 Å². The Hall–Kier alpha value is -1.23. The Kier molecular flexibility index (Phi) is 4.45. The molecule has 0 spiro atoms. The molecule has 3 rings (SSSR count). The third-order valence-corrected chi connectivity index (χ3v) is 4.79. The second-order valence-electron chi connectivity index (χ2n) is 5.37. The first kappa shape index (κ1) is 13.7. The van der Waals surface area contributed by atoms with Gasteiger partial charge in [-0.15, -0.1) is 0 Å². The third kappa shape index (κ3) is 3.26. The number of pyridine rings is 1. The second kappa shape index (κ2) is 6.48. The molecule has 1 saturated heterocycles. The second-order valence-corrected chi connectivity index (χ2v) is 6.15. The Morgan fingerprint density at radius 2 is 2.05 bits per heavy atom. The fourth-order valence-corrected chi connectivity index (χ4v) is 3.50. The zero-order valence-corrected chi connectivity index (χ0v) is 12.7. The van der Waals surface area contributed by atoms with Crippen LogP contribution in [0.2, 0.25) is 0 Å². The van der Waals surface area contributed by atoms with Crippen LogP contribution in [-0.4, -0.2) is 41.0 Å². The minimum absolute atomic E-state index is 0.540. The summed E-state index contributed by atoms with van der Waals surface area (Å²) >= 11 is 1.79. The van der Waals surface area contributed by atoms with Gasteiger partial charge >= 0.3 is 0 Å². The van der Waals surface area contributed by atoms with Crippen LogP contribution in [0.5, 0.6) is 0 Å². The van der Waals surface area contributed by atoms with Crippen LogP contribution >= 0.6 is 11.3 Å². The quantitative estimate of drug-likeness (QED) is 0.861. The molecule has 2 aromatic rings. The zero-order valence-electron chi connectivity index (χ0n) is 11.9. The fourth-order valence-electron chi connectivity index (χ4n) is 2.75. The minimum atomic E-state index is 0.540. The highest BCUT2D eigenvalue weighted by atomic mass is 32.1. The number of thiophene rings is 1. The summed E-state index contributed by atoms with van der Waals surface area (Å²) in [5.74, 6) is 0. The number of aromatic nitrogens is 1. The predicted molar refractivity (Wildman–Crippen MR) is 83.8 cm³/mol. The van der Waals surface area contributed by atoms with Crippen molar-refractivity contribution in [3.8, 4) is 0 Å². The Morgan fingerprint density at radius 3 is 2.70 bits per heavy atom. The Bertz CT molecular complexity index is 504. The molecule has 0 aliphatic carbocycles. The Morgan fingerprint density at radius 1 is 1.20 bits per heavy atom. The lowest BCUT2D eigenvalue weighted by atomic mass is 10.1. The van der Waals surface area contributed by atoms with Gasteiger partial charge in [-0.1, -0.05) is 6.07 Å². The molecule has 0 radical (unpaired) electrons. The molecule has 0 unspecified atom stereocenters. The predicted octanol–water partition coefficient (Wildman–Crippen LogP) is 3.02. The molecular formula is C16H21N3S. The maximum Gasteiger partial charge on any atom is 0.0543 e. The van der Waals surface area contributed by atoms with E-state index in [4.69, 9.17) is 0 Å². The van der Waals surface area contributed by atoms with Gasteiger partial charge in [0, 0.05) is 45.0 Å². The van der Waals surface area contributed by atoms with Gasteiger partial charge in [0.05, 0.1) is 5.69 Å². The van der Waals surface area contributed by atoms with Gasteiger partial charge in [0.2, 0.25) is 0 Å². The summed E-state index contributed by atoms with van der Waals surface area (Å²) in [6.45, 7) is 7.84. The summed E-state index contributed by atoms with van der Waals surface area (Å²) in [5, 5.41) is 4.44. The topological polar surface area (TPSA) is 19.4 Å². The van der Waals surface area contributed by atoms with E-state index in [1.807, 2.05) is 12.3 Å². The van der Waals surface area contributed by atoms with E-state index < -0.39 is 0 Å². The number of piperazine rings is 1.